The van der Waals surface area contributed by atoms with Crippen LogP contribution >= 0.6 is 0 Å². The first kappa shape index (κ1) is 13.9. The third-order valence-corrected chi connectivity index (χ3v) is 2.38. The predicted molar refractivity (Wildman–Crippen MR) is 54.5 cm³/mol. The minimum Gasteiger partial charge on any atom is -0.481 e. The van der Waals surface area contributed by atoms with E-state index in [1.807, 2.05) is 19.0 Å². The van der Waals surface area contributed by atoms with E-state index in [1.165, 1.54) is 0 Å². The lowest BCUT2D eigenvalue weighted by atomic mass is 10.1. The van der Waals surface area contributed by atoms with E-state index in [4.69, 9.17) is 5.11 Å². The Morgan fingerprint density at radius 3 is 2.60 bits per heavy atom. The predicted octanol–water partition coefficient (Wildman–Crippen LogP) is -1.34. The van der Waals surface area contributed by atoms with Crippen LogP contribution in [0.5, 0.6) is 0 Å². The molecule has 1 amide bonds. The minimum atomic E-state index is -0.870. The van der Waals surface area contributed by atoms with Crippen LogP contribution in [0.3, 0.4) is 0 Å². The van der Waals surface area contributed by atoms with Crippen molar-refractivity contribution in [2.24, 2.45) is 5.92 Å². The van der Waals surface area contributed by atoms with Crippen molar-refractivity contribution in [3.63, 3.8) is 0 Å². The molecule has 1 aliphatic heterocycles. The zero-order chi connectivity index (χ0) is 10.7. The van der Waals surface area contributed by atoms with Crippen molar-refractivity contribution in [3.05, 3.63) is 0 Å². The molecule has 88 valence electrons. The summed E-state index contributed by atoms with van der Waals surface area (Å²) in [6, 6.07) is 0. The quantitative estimate of drug-likeness (QED) is 0.632. The Morgan fingerprint density at radius 2 is 2.20 bits per heavy atom. The molecule has 0 aliphatic carbocycles. The molecule has 1 saturated heterocycles. The fourth-order valence-corrected chi connectivity index (χ4v) is 1.47. The highest BCUT2D eigenvalue weighted by molar-refractivity contribution is 5.86. The average Bonchev–Trinajstić information content (AvgIpc) is 2.43. The standard InChI is InChI=1S/C9H16N2O3.H2O/c1-10(2)3-4-11-6-7(9(13)14)5-8(11)12;/h7H,3-6H2,1-2H3,(H,13,14);1H2. The fourth-order valence-electron chi connectivity index (χ4n) is 1.47. The Balaban J connectivity index is 0.00000196. The zero-order valence-corrected chi connectivity index (χ0v) is 9.06. The van der Waals surface area contributed by atoms with Gasteiger partial charge in [-0.15, -0.1) is 0 Å². The molecule has 1 rings (SSSR count). The number of carboxylic acids is 1. The van der Waals surface area contributed by atoms with Crippen LogP contribution in [-0.4, -0.2) is 66.0 Å². The van der Waals surface area contributed by atoms with E-state index < -0.39 is 11.9 Å². The number of likely N-dealkylation sites (tertiary alicyclic amines) is 1. The molecule has 3 N–H and O–H groups in total. The van der Waals surface area contributed by atoms with Crippen LogP contribution in [0.25, 0.3) is 0 Å². The maximum atomic E-state index is 11.3. The summed E-state index contributed by atoms with van der Waals surface area (Å²) >= 11 is 0. The number of aliphatic carboxylic acids is 1. The van der Waals surface area contributed by atoms with E-state index in [2.05, 4.69) is 0 Å². The maximum Gasteiger partial charge on any atom is 0.308 e. The van der Waals surface area contributed by atoms with Gasteiger partial charge in [0.05, 0.1) is 5.92 Å². The summed E-state index contributed by atoms with van der Waals surface area (Å²) in [5.41, 5.74) is 0. The van der Waals surface area contributed by atoms with Crippen molar-refractivity contribution in [2.75, 3.05) is 33.7 Å². The second-order valence-corrected chi connectivity index (χ2v) is 3.88. The summed E-state index contributed by atoms with van der Waals surface area (Å²) in [5, 5.41) is 8.74. The summed E-state index contributed by atoms with van der Waals surface area (Å²) in [5.74, 6) is -1.42. The molecule has 1 fully saturated rings. The highest BCUT2D eigenvalue weighted by atomic mass is 16.4. The molecule has 1 unspecified atom stereocenters. The van der Waals surface area contributed by atoms with Gasteiger partial charge in [0.15, 0.2) is 0 Å². The molecule has 0 radical (unpaired) electrons. The van der Waals surface area contributed by atoms with E-state index in [0.29, 0.717) is 13.1 Å². The second kappa shape index (κ2) is 5.67. The lowest BCUT2D eigenvalue weighted by molar-refractivity contribution is -0.141. The Morgan fingerprint density at radius 1 is 1.60 bits per heavy atom. The highest BCUT2D eigenvalue weighted by Crippen LogP contribution is 2.17. The van der Waals surface area contributed by atoms with Crippen LogP contribution in [0, 0.1) is 5.92 Å². The topological polar surface area (TPSA) is 92.3 Å². The summed E-state index contributed by atoms with van der Waals surface area (Å²) in [6.45, 7) is 1.76. The SMILES string of the molecule is CN(C)CCN1CC(C(=O)O)CC1=O.O. The minimum absolute atomic E-state index is 0. The van der Waals surface area contributed by atoms with Gasteiger partial charge in [0.1, 0.15) is 0 Å². The van der Waals surface area contributed by atoms with Crippen molar-refractivity contribution < 1.29 is 20.2 Å². The highest BCUT2D eigenvalue weighted by Gasteiger charge is 2.33. The molecule has 0 aromatic carbocycles. The molecule has 0 spiro atoms. The molecule has 0 bridgehead atoms. The second-order valence-electron chi connectivity index (χ2n) is 3.88. The van der Waals surface area contributed by atoms with Gasteiger partial charge < -0.3 is 20.4 Å². The monoisotopic (exact) mass is 218 g/mol. The Labute approximate surface area is 88.8 Å². The molecule has 15 heavy (non-hydrogen) atoms. The van der Waals surface area contributed by atoms with Gasteiger partial charge in [-0.3, -0.25) is 9.59 Å². The lowest BCUT2D eigenvalue weighted by Gasteiger charge is -2.18. The molecule has 1 aliphatic rings. The lowest BCUT2D eigenvalue weighted by Crippen LogP contribution is -2.33. The van der Waals surface area contributed by atoms with Crippen LogP contribution < -0.4 is 0 Å². The molecule has 0 aromatic heterocycles. The smallest absolute Gasteiger partial charge is 0.308 e. The summed E-state index contributed by atoms with van der Waals surface area (Å²) in [7, 11) is 3.85. The van der Waals surface area contributed by atoms with Crippen molar-refractivity contribution >= 4 is 11.9 Å². The van der Waals surface area contributed by atoms with E-state index in [-0.39, 0.29) is 17.8 Å². The van der Waals surface area contributed by atoms with Crippen molar-refractivity contribution in [1.82, 2.24) is 9.80 Å². The van der Waals surface area contributed by atoms with Crippen molar-refractivity contribution in [2.45, 2.75) is 6.42 Å². The Bertz CT molecular complexity index is 242. The van der Waals surface area contributed by atoms with Gasteiger partial charge in [0.25, 0.3) is 0 Å². The van der Waals surface area contributed by atoms with Gasteiger partial charge in [-0.25, -0.2) is 0 Å². The number of hydrogen-bond acceptors (Lipinski definition) is 3. The van der Waals surface area contributed by atoms with E-state index in [1.54, 1.807) is 4.90 Å². The van der Waals surface area contributed by atoms with Gasteiger partial charge in [-0.2, -0.15) is 0 Å². The molecular weight excluding hydrogens is 200 g/mol. The van der Waals surface area contributed by atoms with Gasteiger partial charge in [0.2, 0.25) is 5.91 Å². The number of carbonyl (C=O) groups is 2. The molecule has 0 aromatic rings. The number of likely N-dealkylation sites (N-methyl/N-ethyl adjacent to an activating group) is 1. The van der Waals surface area contributed by atoms with E-state index in [0.717, 1.165) is 6.54 Å². The number of carbonyl (C=O) groups excluding carboxylic acids is 1. The van der Waals surface area contributed by atoms with Crippen molar-refractivity contribution in [3.8, 4) is 0 Å². The van der Waals surface area contributed by atoms with Crippen LogP contribution in [0.15, 0.2) is 0 Å². The first-order chi connectivity index (χ1) is 6.50. The number of rotatable bonds is 4. The number of carboxylic acid groups (broad SMARTS) is 1. The number of nitrogens with zero attached hydrogens (tertiary/aromatic N) is 2. The number of hydrogen-bond donors (Lipinski definition) is 1. The largest absolute Gasteiger partial charge is 0.481 e. The van der Waals surface area contributed by atoms with E-state index >= 15 is 0 Å². The molecule has 6 heteroatoms. The summed E-state index contributed by atoms with van der Waals surface area (Å²) in [6.07, 6.45) is 0.156. The van der Waals surface area contributed by atoms with Crippen LogP contribution in [0.1, 0.15) is 6.42 Å². The molecule has 6 nitrogen and oxygen atoms in total. The first-order valence-electron chi connectivity index (χ1n) is 4.66. The fraction of sp³-hybridized carbons (Fsp3) is 0.778. The normalized spacial score (nSPS) is 20.6. The number of amides is 1. The third-order valence-electron chi connectivity index (χ3n) is 2.38. The summed E-state index contributed by atoms with van der Waals surface area (Å²) in [4.78, 5) is 25.6. The zero-order valence-electron chi connectivity index (χ0n) is 9.06. The Kier molecular flexibility index (Phi) is 5.24. The van der Waals surface area contributed by atoms with E-state index in [9.17, 15) is 9.59 Å². The average molecular weight is 218 g/mol. The third kappa shape index (κ3) is 3.85. The molecular formula is C9H18N2O4. The first-order valence-corrected chi connectivity index (χ1v) is 4.66. The van der Waals surface area contributed by atoms with Gasteiger partial charge >= 0.3 is 5.97 Å². The Hall–Kier alpha value is -1.14. The van der Waals surface area contributed by atoms with Gasteiger partial charge in [-0.05, 0) is 14.1 Å². The van der Waals surface area contributed by atoms with Gasteiger partial charge in [0, 0.05) is 26.1 Å². The molecule has 0 saturated carbocycles. The van der Waals surface area contributed by atoms with Crippen molar-refractivity contribution in [1.29, 1.82) is 0 Å². The molecule has 1 atom stereocenters. The van der Waals surface area contributed by atoms with Crippen LogP contribution in [0.2, 0.25) is 0 Å². The van der Waals surface area contributed by atoms with Crippen LogP contribution in [0.4, 0.5) is 0 Å². The van der Waals surface area contributed by atoms with Crippen LogP contribution in [-0.2, 0) is 9.59 Å². The maximum absolute atomic E-state index is 11.3. The summed E-state index contributed by atoms with van der Waals surface area (Å²) < 4.78 is 0. The molecule has 1 heterocycles. The van der Waals surface area contributed by atoms with Gasteiger partial charge in [-0.1, -0.05) is 0 Å².